The number of carbonyl (C=O) groups is 2. The minimum atomic E-state index is -0.673. The Morgan fingerprint density at radius 2 is 2.16 bits per heavy atom. The van der Waals surface area contributed by atoms with Gasteiger partial charge < -0.3 is 14.2 Å². The molecule has 0 N–H and O–H groups in total. The van der Waals surface area contributed by atoms with Crippen molar-refractivity contribution in [2.75, 3.05) is 19.8 Å². The average molecular weight is 273 g/mol. The van der Waals surface area contributed by atoms with Crippen LogP contribution in [-0.4, -0.2) is 48.5 Å². The number of imide groups is 1. The summed E-state index contributed by atoms with van der Waals surface area (Å²) in [7, 11) is 0. The summed E-state index contributed by atoms with van der Waals surface area (Å²) in [4.78, 5) is 24.3. The summed E-state index contributed by atoms with van der Waals surface area (Å²) in [5.41, 5.74) is -0.632. The molecule has 0 aromatic rings. The second-order valence-electron chi connectivity index (χ2n) is 5.53. The topological polar surface area (TPSA) is 65.1 Å². The predicted molar refractivity (Wildman–Crippen MR) is 68.9 cm³/mol. The molecule has 1 rings (SSSR count). The summed E-state index contributed by atoms with van der Waals surface area (Å²) < 4.78 is 15.6. The zero-order valence-electron chi connectivity index (χ0n) is 12.1. The fourth-order valence-corrected chi connectivity index (χ4v) is 1.54. The zero-order valence-corrected chi connectivity index (χ0v) is 12.1. The first-order chi connectivity index (χ1) is 8.83. The van der Waals surface area contributed by atoms with Crippen molar-refractivity contribution < 1.29 is 23.8 Å². The lowest BCUT2D eigenvalue weighted by molar-refractivity contribution is 0.0339. The first kappa shape index (κ1) is 15.8. The van der Waals surface area contributed by atoms with Crippen molar-refractivity contribution >= 4 is 12.2 Å². The molecule has 0 radical (unpaired) electrons. The molecule has 110 valence electrons. The van der Waals surface area contributed by atoms with Crippen molar-refractivity contribution in [1.29, 1.82) is 0 Å². The third kappa shape index (κ3) is 5.46. The van der Waals surface area contributed by atoms with E-state index >= 15 is 0 Å². The van der Waals surface area contributed by atoms with Crippen LogP contribution in [-0.2, 0) is 14.2 Å². The maximum absolute atomic E-state index is 11.8. The minimum absolute atomic E-state index is 0.180. The van der Waals surface area contributed by atoms with Gasteiger partial charge in [-0.3, -0.25) is 0 Å². The lowest BCUT2D eigenvalue weighted by Gasteiger charge is -2.22. The Morgan fingerprint density at radius 3 is 2.74 bits per heavy atom. The largest absolute Gasteiger partial charge is 0.443 e. The van der Waals surface area contributed by atoms with E-state index in [0.717, 1.165) is 17.7 Å². The lowest BCUT2D eigenvalue weighted by atomic mass is 10.2. The van der Waals surface area contributed by atoms with Gasteiger partial charge in [0.05, 0.1) is 13.2 Å². The van der Waals surface area contributed by atoms with E-state index in [1.807, 2.05) is 0 Å². The van der Waals surface area contributed by atoms with Gasteiger partial charge in [0.15, 0.2) is 0 Å². The summed E-state index contributed by atoms with van der Waals surface area (Å²) in [5, 5.41) is 0. The number of amides is 2. The van der Waals surface area contributed by atoms with Crippen LogP contribution in [0.15, 0.2) is 0 Å². The van der Waals surface area contributed by atoms with Crippen LogP contribution in [0.2, 0.25) is 0 Å². The van der Waals surface area contributed by atoms with Gasteiger partial charge in [0, 0.05) is 6.61 Å². The minimum Gasteiger partial charge on any atom is -0.443 e. The number of carbonyl (C=O) groups excluding carboxylic acids is 2. The molecule has 1 atom stereocenters. The standard InChI is InChI=1S/C13H23NO5/c1-5-6-7-17-9-10-8-14(11(15)18-10)12(16)19-13(2,3)4/h10H,5-9H2,1-4H3. The lowest BCUT2D eigenvalue weighted by Crippen LogP contribution is -2.38. The van der Waals surface area contributed by atoms with E-state index in [9.17, 15) is 9.59 Å². The van der Waals surface area contributed by atoms with E-state index in [4.69, 9.17) is 14.2 Å². The maximum Gasteiger partial charge on any atom is 0.419 e. The van der Waals surface area contributed by atoms with E-state index < -0.39 is 23.9 Å². The van der Waals surface area contributed by atoms with Crippen LogP contribution in [0.3, 0.4) is 0 Å². The number of unbranched alkanes of at least 4 members (excludes halogenated alkanes) is 1. The highest BCUT2D eigenvalue weighted by Gasteiger charge is 2.38. The Balaban J connectivity index is 2.38. The molecule has 0 bridgehead atoms. The molecule has 1 aliphatic heterocycles. The normalized spacial score (nSPS) is 19.5. The summed E-state index contributed by atoms with van der Waals surface area (Å²) in [6.07, 6.45) is 0.272. The fraction of sp³-hybridized carbons (Fsp3) is 0.846. The van der Waals surface area contributed by atoms with Gasteiger partial charge in [0.1, 0.15) is 11.7 Å². The average Bonchev–Trinajstić information content (AvgIpc) is 2.64. The maximum atomic E-state index is 11.8. The highest BCUT2D eigenvalue weighted by Crippen LogP contribution is 2.16. The molecule has 0 aliphatic carbocycles. The highest BCUT2D eigenvalue weighted by molar-refractivity contribution is 5.89. The fourth-order valence-electron chi connectivity index (χ4n) is 1.54. The van der Waals surface area contributed by atoms with Gasteiger partial charge >= 0.3 is 12.2 Å². The van der Waals surface area contributed by atoms with Gasteiger partial charge in [0.25, 0.3) is 0 Å². The van der Waals surface area contributed by atoms with Crippen molar-refractivity contribution in [3.63, 3.8) is 0 Å². The zero-order chi connectivity index (χ0) is 14.5. The molecule has 19 heavy (non-hydrogen) atoms. The molecule has 1 fully saturated rings. The van der Waals surface area contributed by atoms with Gasteiger partial charge in [-0.05, 0) is 27.2 Å². The quantitative estimate of drug-likeness (QED) is 0.720. The number of ether oxygens (including phenoxy) is 3. The van der Waals surface area contributed by atoms with E-state index in [1.165, 1.54) is 0 Å². The van der Waals surface area contributed by atoms with E-state index in [-0.39, 0.29) is 6.54 Å². The molecule has 1 unspecified atom stereocenters. The van der Waals surface area contributed by atoms with Crippen LogP contribution in [0.25, 0.3) is 0 Å². The van der Waals surface area contributed by atoms with Crippen LogP contribution in [0.1, 0.15) is 40.5 Å². The van der Waals surface area contributed by atoms with Crippen LogP contribution < -0.4 is 0 Å². The van der Waals surface area contributed by atoms with Gasteiger partial charge in [-0.2, -0.15) is 0 Å². The first-order valence-electron chi connectivity index (χ1n) is 6.62. The Bertz CT molecular complexity index is 323. The third-order valence-electron chi connectivity index (χ3n) is 2.43. The predicted octanol–water partition coefficient (Wildman–Crippen LogP) is 2.56. The summed E-state index contributed by atoms with van der Waals surface area (Å²) in [5.74, 6) is 0. The molecular formula is C13H23NO5. The number of hydrogen-bond acceptors (Lipinski definition) is 5. The summed E-state index contributed by atoms with van der Waals surface area (Å²) in [6, 6.07) is 0. The van der Waals surface area contributed by atoms with Gasteiger partial charge in [-0.1, -0.05) is 13.3 Å². The van der Waals surface area contributed by atoms with Crippen LogP contribution in [0.5, 0.6) is 0 Å². The second-order valence-corrected chi connectivity index (χ2v) is 5.53. The Hall–Kier alpha value is -1.30. The molecule has 2 amide bonds. The monoisotopic (exact) mass is 273 g/mol. The Morgan fingerprint density at radius 1 is 1.47 bits per heavy atom. The molecular weight excluding hydrogens is 250 g/mol. The van der Waals surface area contributed by atoms with E-state index in [0.29, 0.717) is 13.2 Å². The third-order valence-corrected chi connectivity index (χ3v) is 2.43. The Kier molecular flexibility index (Phi) is 5.60. The second kappa shape index (κ2) is 6.75. The van der Waals surface area contributed by atoms with Gasteiger partial charge in [-0.15, -0.1) is 0 Å². The number of nitrogens with zero attached hydrogens (tertiary/aromatic N) is 1. The molecule has 1 aliphatic rings. The molecule has 6 heteroatoms. The smallest absolute Gasteiger partial charge is 0.419 e. The molecule has 0 spiro atoms. The highest BCUT2D eigenvalue weighted by atomic mass is 16.6. The van der Waals surface area contributed by atoms with Crippen LogP contribution >= 0.6 is 0 Å². The molecule has 0 aromatic heterocycles. The van der Waals surface area contributed by atoms with Crippen LogP contribution in [0, 0.1) is 0 Å². The van der Waals surface area contributed by atoms with E-state index in [2.05, 4.69) is 6.92 Å². The van der Waals surface area contributed by atoms with E-state index in [1.54, 1.807) is 20.8 Å². The van der Waals surface area contributed by atoms with Crippen molar-refractivity contribution in [3.8, 4) is 0 Å². The van der Waals surface area contributed by atoms with Crippen molar-refractivity contribution in [2.45, 2.75) is 52.2 Å². The SMILES string of the molecule is CCCCOCC1CN(C(=O)OC(C)(C)C)C(=O)O1. The van der Waals surface area contributed by atoms with Gasteiger partial charge in [-0.25, -0.2) is 14.5 Å². The number of cyclic esters (lactones) is 1. The molecule has 0 saturated carbocycles. The first-order valence-corrected chi connectivity index (χ1v) is 6.62. The van der Waals surface area contributed by atoms with Crippen molar-refractivity contribution in [1.82, 2.24) is 4.90 Å². The molecule has 0 aromatic carbocycles. The molecule has 1 saturated heterocycles. The Labute approximate surface area is 114 Å². The summed E-state index contributed by atoms with van der Waals surface area (Å²) >= 11 is 0. The van der Waals surface area contributed by atoms with Crippen molar-refractivity contribution in [3.05, 3.63) is 0 Å². The van der Waals surface area contributed by atoms with Gasteiger partial charge in [0.2, 0.25) is 0 Å². The number of hydrogen-bond donors (Lipinski definition) is 0. The molecule has 6 nitrogen and oxygen atoms in total. The summed E-state index contributed by atoms with van der Waals surface area (Å²) in [6.45, 7) is 8.44. The van der Waals surface area contributed by atoms with Crippen molar-refractivity contribution in [2.24, 2.45) is 0 Å². The number of rotatable bonds is 5. The molecule has 1 heterocycles. The van der Waals surface area contributed by atoms with Crippen LogP contribution in [0.4, 0.5) is 9.59 Å².